The lowest BCUT2D eigenvalue weighted by Gasteiger charge is -2.44. The first-order valence-electron chi connectivity index (χ1n) is 12.0. The second-order valence-electron chi connectivity index (χ2n) is 8.39. The molecule has 1 heterocycles. The number of hydrogen-bond donors (Lipinski definition) is 0. The fraction of sp³-hybridized carbons (Fsp3) is 0.792. The maximum atomic E-state index is 11.9. The summed E-state index contributed by atoms with van der Waals surface area (Å²) in [5.41, 5.74) is -0.745. The monoisotopic (exact) mass is 534 g/mol. The zero-order chi connectivity index (χ0) is 27.1. The largest absolute Gasteiger partial charge is 0.469 e. The van der Waals surface area contributed by atoms with E-state index in [0.717, 1.165) is 38.5 Å². The van der Waals surface area contributed by atoms with E-state index in [0.29, 0.717) is 12.2 Å². The van der Waals surface area contributed by atoms with Gasteiger partial charge in [0.15, 0.2) is 18.3 Å². The SMILES string of the molecule is COC(=O)CCCCCCCCS[C@@H]1O[C@H](COC(C)=O)[C@@H](OC(C)=O)[C@H](OC(C)=O)[C@H]1OC(C)=O. The normalized spacial score (nSPS) is 23.3. The molecule has 1 saturated heterocycles. The van der Waals surface area contributed by atoms with Crippen molar-refractivity contribution in [2.45, 2.75) is 102 Å². The van der Waals surface area contributed by atoms with E-state index < -0.39 is 53.7 Å². The van der Waals surface area contributed by atoms with E-state index in [-0.39, 0.29) is 12.6 Å². The number of carbonyl (C=O) groups excluding carboxylic acids is 5. The number of unbranched alkanes of at least 4 members (excludes halogenated alkanes) is 5. The Morgan fingerprint density at radius 3 is 1.78 bits per heavy atom. The smallest absolute Gasteiger partial charge is 0.305 e. The van der Waals surface area contributed by atoms with Gasteiger partial charge in [0.2, 0.25) is 0 Å². The molecule has 0 unspecified atom stereocenters. The molecular weight excluding hydrogens is 496 g/mol. The Hall–Kier alpha value is -2.34. The minimum atomic E-state index is -1.14. The average Bonchev–Trinajstić information content (AvgIpc) is 2.79. The minimum Gasteiger partial charge on any atom is -0.469 e. The fourth-order valence-electron chi connectivity index (χ4n) is 3.70. The van der Waals surface area contributed by atoms with Crippen LogP contribution in [0.1, 0.15) is 72.6 Å². The van der Waals surface area contributed by atoms with Crippen LogP contribution in [-0.4, -0.2) is 79.2 Å². The third kappa shape index (κ3) is 12.6. The molecule has 0 N–H and O–H groups in total. The maximum absolute atomic E-state index is 11.9. The lowest BCUT2D eigenvalue weighted by Crippen LogP contribution is -2.61. The second kappa shape index (κ2) is 17.2. The molecular formula is C24H38O11S. The first-order valence-corrected chi connectivity index (χ1v) is 13.1. The molecule has 0 amide bonds. The van der Waals surface area contributed by atoms with Gasteiger partial charge in [0.1, 0.15) is 18.1 Å². The Labute approximate surface area is 216 Å². The van der Waals surface area contributed by atoms with Crippen molar-refractivity contribution in [1.29, 1.82) is 0 Å². The summed E-state index contributed by atoms with van der Waals surface area (Å²) in [6.45, 7) is 4.60. The number of carbonyl (C=O) groups is 5. The second-order valence-corrected chi connectivity index (χ2v) is 9.59. The van der Waals surface area contributed by atoms with Crippen molar-refractivity contribution in [2.75, 3.05) is 19.5 Å². The van der Waals surface area contributed by atoms with Crippen LogP contribution in [0.25, 0.3) is 0 Å². The van der Waals surface area contributed by atoms with Crippen LogP contribution in [-0.2, 0) is 52.4 Å². The zero-order valence-corrected chi connectivity index (χ0v) is 22.5. The molecule has 0 aromatic rings. The summed E-state index contributed by atoms with van der Waals surface area (Å²) in [6.07, 6.45) is 1.73. The predicted molar refractivity (Wildman–Crippen MR) is 129 cm³/mol. The lowest BCUT2D eigenvalue weighted by molar-refractivity contribution is -0.237. The van der Waals surface area contributed by atoms with Gasteiger partial charge in [0, 0.05) is 34.1 Å². The molecule has 206 valence electrons. The van der Waals surface area contributed by atoms with Crippen LogP contribution in [0.4, 0.5) is 0 Å². The first kappa shape index (κ1) is 31.7. The molecule has 0 saturated carbocycles. The zero-order valence-electron chi connectivity index (χ0n) is 21.6. The molecule has 5 atom stereocenters. The van der Waals surface area contributed by atoms with Crippen LogP contribution in [0.5, 0.6) is 0 Å². The van der Waals surface area contributed by atoms with Gasteiger partial charge in [-0.15, -0.1) is 11.8 Å². The van der Waals surface area contributed by atoms with E-state index in [2.05, 4.69) is 4.74 Å². The number of ether oxygens (including phenoxy) is 6. The van der Waals surface area contributed by atoms with Crippen LogP contribution in [0.3, 0.4) is 0 Å². The molecule has 0 aromatic heterocycles. The van der Waals surface area contributed by atoms with Crippen LogP contribution in [0.15, 0.2) is 0 Å². The minimum absolute atomic E-state index is 0.198. The van der Waals surface area contributed by atoms with Gasteiger partial charge < -0.3 is 28.4 Å². The van der Waals surface area contributed by atoms with Crippen LogP contribution < -0.4 is 0 Å². The van der Waals surface area contributed by atoms with E-state index in [4.69, 9.17) is 23.7 Å². The summed E-state index contributed by atoms with van der Waals surface area (Å²) < 4.78 is 32.0. The topological polar surface area (TPSA) is 141 Å². The van der Waals surface area contributed by atoms with E-state index >= 15 is 0 Å². The lowest BCUT2D eigenvalue weighted by atomic mass is 9.99. The molecule has 1 aliphatic heterocycles. The molecule has 0 spiro atoms. The Morgan fingerprint density at radius 2 is 1.22 bits per heavy atom. The molecule has 0 bridgehead atoms. The van der Waals surface area contributed by atoms with Crippen LogP contribution in [0, 0.1) is 0 Å². The van der Waals surface area contributed by atoms with Gasteiger partial charge in [-0.25, -0.2) is 0 Å². The summed E-state index contributed by atoms with van der Waals surface area (Å²) in [5.74, 6) is -2.02. The number of methoxy groups -OCH3 is 1. The van der Waals surface area contributed by atoms with Crippen molar-refractivity contribution in [3.8, 4) is 0 Å². The molecule has 0 radical (unpaired) electrons. The highest BCUT2D eigenvalue weighted by Gasteiger charge is 2.52. The van der Waals surface area contributed by atoms with Gasteiger partial charge in [0.25, 0.3) is 0 Å². The number of rotatable bonds is 15. The molecule has 12 heteroatoms. The van der Waals surface area contributed by atoms with E-state index in [1.165, 1.54) is 46.6 Å². The average molecular weight is 535 g/mol. The Kier molecular flexibility index (Phi) is 15.1. The highest BCUT2D eigenvalue weighted by Crippen LogP contribution is 2.34. The summed E-state index contributed by atoms with van der Waals surface area (Å²) in [6, 6.07) is 0. The number of thioether (sulfide) groups is 1. The van der Waals surface area contributed by atoms with Gasteiger partial charge in [0.05, 0.1) is 7.11 Å². The summed E-state index contributed by atoms with van der Waals surface area (Å²) in [4.78, 5) is 58.0. The summed E-state index contributed by atoms with van der Waals surface area (Å²) in [5, 5.41) is 0. The molecule has 0 aliphatic carbocycles. The van der Waals surface area contributed by atoms with Crippen molar-refractivity contribution in [1.82, 2.24) is 0 Å². The van der Waals surface area contributed by atoms with Crippen molar-refractivity contribution in [2.24, 2.45) is 0 Å². The van der Waals surface area contributed by atoms with Crippen molar-refractivity contribution >= 4 is 41.6 Å². The molecule has 36 heavy (non-hydrogen) atoms. The first-order chi connectivity index (χ1) is 17.0. The van der Waals surface area contributed by atoms with Gasteiger partial charge in [-0.1, -0.05) is 25.7 Å². The third-order valence-electron chi connectivity index (χ3n) is 5.23. The fourth-order valence-corrected chi connectivity index (χ4v) is 4.93. The van der Waals surface area contributed by atoms with Gasteiger partial charge in [-0.2, -0.15) is 0 Å². The van der Waals surface area contributed by atoms with Crippen molar-refractivity contribution < 1.29 is 52.4 Å². The molecule has 1 aliphatic rings. The van der Waals surface area contributed by atoms with Crippen molar-refractivity contribution in [3.05, 3.63) is 0 Å². The summed E-state index contributed by atoms with van der Waals surface area (Å²) in [7, 11) is 1.38. The number of hydrogen-bond acceptors (Lipinski definition) is 12. The van der Waals surface area contributed by atoms with Crippen LogP contribution >= 0.6 is 11.8 Å². The third-order valence-corrected chi connectivity index (χ3v) is 6.47. The summed E-state index contributed by atoms with van der Waals surface area (Å²) >= 11 is 1.38. The Bertz CT molecular complexity index is 742. The predicted octanol–water partition coefficient (Wildman–Crippen LogP) is 2.71. The van der Waals surface area contributed by atoms with Gasteiger partial charge in [-0.05, 0) is 18.6 Å². The molecule has 1 rings (SSSR count). The van der Waals surface area contributed by atoms with Crippen LogP contribution in [0.2, 0.25) is 0 Å². The quantitative estimate of drug-likeness (QED) is 0.173. The Balaban J connectivity index is 2.80. The molecule has 1 fully saturated rings. The standard InChI is InChI=1S/C24H38O11S/c1-15(25)31-14-19-21(32-16(2)26)22(33-17(3)27)23(34-18(4)28)24(35-19)36-13-11-9-7-6-8-10-12-20(29)30-5/h19,21-24H,6-14H2,1-5H3/t19-,21-,22+,23-,24+/m1/s1. The van der Waals surface area contributed by atoms with E-state index in [1.807, 2.05) is 0 Å². The van der Waals surface area contributed by atoms with Gasteiger partial charge in [-0.3, -0.25) is 24.0 Å². The highest BCUT2D eigenvalue weighted by molar-refractivity contribution is 7.99. The van der Waals surface area contributed by atoms with Crippen molar-refractivity contribution in [3.63, 3.8) is 0 Å². The maximum Gasteiger partial charge on any atom is 0.305 e. The van der Waals surface area contributed by atoms with E-state index in [9.17, 15) is 24.0 Å². The Morgan fingerprint density at radius 1 is 0.694 bits per heavy atom. The van der Waals surface area contributed by atoms with E-state index in [1.54, 1.807) is 0 Å². The molecule has 0 aromatic carbocycles. The highest BCUT2D eigenvalue weighted by atomic mass is 32.2. The van der Waals surface area contributed by atoms with Gasteiger partial charge >= 0.3 is 29.8 Å². The molecule has 11 nitrogen and oxygen atoms in total. The number of esters is 5.